The monoisotopic (exact) mass is 241 g/mol. The van der Waals surface area contributed by atoms with Gasteiger partial charge in [-0.25, -0.2) is 0 Å². The van der Waals surface area contributed by atoms with Crippen molar-refractivity contribution < 1.29 is 14.3 Å². The Labute approximate surface area is 104 Å². The van der Waals surface area contributed by atoms with Gasteiger partial charge < -0.3 is 9.47 Å². The average molecular weight is 241 g/mol. The molecule has 0 heterocycles. The maximum Gasteiger partial charge on any atom is 0.306 e. The van der Waals surface area contributed by atoms with Crippen LogP contribution < -0.4 is 0 Å². The van der Waals surface area contributed by atoms with Gasteiger partial charge in [0.25, 0.3) is 0 Å². The number of nitrogens with zero attached hydrogens (tertiary/aromatic N) is 1. The van der Waals surface area contributed by atoms with E-state index in [-0.39, 0.29) is 5.97 Å². The van der Waals surface area contributed by atoms with Crippen LogP contribution in [0.1, 0.15) is 47.0 Å². The van der Waals surface area contributed by atoms with Crippen LogP contribution in [0, 0.1) is 0 Å². The molecule has 0 fully saturated rings. The highest BCUT2D eigenvalue weighted by molar-refractivity contribution is 5.77. The molecule has 0 aliphatic heterocycles. The number of carbonyl (C=O) groups is 1. The summed E-state index contributed by atoms with van der Waals surface area (Å²) >= 11 is 0. The topological polar surface area (TPSA) is 47.9 Å². The summed E-state index contributed by atoms with van der Waals surface area (Å²) in [5.74, 6) is 1.01. The zero-order valence-corrected chi connectivity index (χ0v) is 11.5. The predicted octanol–water partition coefficient (Wildman–Crippen LogP) is 3.08. The predicted molar refractivity (Wildman–Crippen MR) is 69.0 cm³/mol. The summed E-state index contributed by atoms with van der Waals surface area (Å²) in [5.41, 5.74) is -0.424. The van der Waals surface area contributed by atoms with Crippen molar-refractivity contribution in [2.24, 2.45) is 4.99 Å². The first-order chi connectivity index (χ1) is 7.74. The lowest BCUT2D eigenvalue weighted by Crippen LogP contribution is -2.23. The fourth-order valence-electron chi connectivity index (χ4n) is 1.19. The second-order valence-electron chi connectivity index (χ2n) is 4.86. The molecular weight excluding hydrogens is 218 g/mol. The third-order valence-electron chi connectivity index (χ3n) is 1.73. The minimum absolute atomic E-state index is 0.191. The zero-order chi connectivity index (χ0) is 13.5. The fraction of sp³-hybridized carbons (Fsp3) is 0.692. The van der Waals surface area contributed by atoms with E-state index in [9.17, 15) is 4.79 Å². The molecule has 0 atom stereocenters. The summed E-state index contributed by atoms with van der Waals surface area (Å²) in [5, 5.41) is 0. The maximum absolute atomic E-state index is 11.4. The van der Waals surface area contributed by atoms with Crippen molar-refractivity contribution in [1.82, 2.24) is 0 Å². The number of esters is 1. The molecule has 0 bridgehead atoms. The Morgan fingerprint density at radius 2 is 1.88 bits per heavy atom. The first-order valence-corrected chi connectivity index (χ1v) is 5.75. The fourth-order valence-corrected chi connectivity index (χ4v) is 1.19. The van der Waals surface area contributed by atoms with Crippen LogP contribution in [0.5, 0.6) is 0 Å². The van der Waals surface area contributed by atoms with Crippen molar-refractivity contribution in [1.29, 1.82) is 0 Å². The van der Waals surface area contributed by atoms with Gasteiger partial charge >= 0.3 is 5.97 Å². The molecule has 0 saturated carbocycles. The van der Waals surface area contributed by atoms with E-state index >= 15 is 0 Å². The number of carbonyl (C=O) groups excluding carboxylic acids is 1. The van der Waals surface area contributed by atoms with Crippen LogP contribution in [0.3, 0.4) is 0 Å². The highest BCUT2D eigenvalue weighted by atomic mass is 16.6. The van der Waals surface area contributed by atoms with Gasteiger partial charge in [-0.1, -0.05) is 6.58 Å². The van der Waals surface area contributed by atoms with Gasteiger partial charge in [-0.2, -0.15) is 0 Å². The molecule has 0 aromatic carbocycles. The molecule has 0 saturated heterocycles. The lowest BCUT2D eigenvalue weighted by atomic mass is 10.2. The van der Waals surface area contributed by atoms with E-state index in [1.54, 1.807) is 14.0 Å². The normalized spacial score (nSPS) is 12.2. The molecule has 0 aliphatic carbocycles. The summed E-state index contributed by atoms with van der Waals surface area (Å²) in [7, 11) is 1.66. The minimum Gasteiger partial charge on any atom is -0.460 e. The third kappa shape index (κ3) is 9.60. The molecule has 0 unspecified atom stereocenters. The Kier molecular flexibility index (Phi) is 6.54. The number of rotatable bonds is 5. The molecule has 17 heavy (non-hydrogen) atoms. The van der Waals surface area contributed by atoms with Gasteiger partial charge in [0.1, 0.15) is 5.60 Å². The quantitative estimate of drug-likeness (QED) is 0.321. The third-order valence-corrected chi connectivity index (χ3v) is 1.73. The number of hydrogen-bond donors (Lipinski definition) is 0. The van der Waals surface area contributed by atoms with E-state index in [0.717, 1.165) is 0 Å². The van der Waals surface area contributed by atoms with Crippen molar-refractivity contribution in [2.75, 3.05) is 7.05 Å². The van der Waals surface area contributed by atoms with Gasteiger partial charge in [-0.05, 0) is 34.1 Å². The van der Waals surface area contributed by atoms with Gasteiger partial charge in [0.05, 0.1) is 5.76 Å². The van der Waals surface area contributed by atoms with E-state index in [1.165, 1.54) is 0 Å². The molecule has 0 aromatic heterocycles. The van der Waals surface area contributed by atoms with Crippen molar-refractivity contribution in [3.8, 4) is 0 Å². The Morgan fingerprint density at radius 1 is 1.29 bits per heavy atom. The van der Waals surface area contributed by atoms with Crippen molar-refractivity contribution in [3.63, 3.8) is 0 Å². The number of allylic oxidation sites excluding steroid dienone is 1. The molecule has 0 rings (SSSR count). The van der Waals surface area contributed by atoms with Gasteiger partial charge in [0.15, 0.2) is 5.90 Å². The van der Waals surface area contributed by atoms with Crippen LogP contribution >= 0.6 is 0 Å². The number of ether oxygens (including phenoxy) is 2. The van der Waals surface area contributed by atoms with E-state index in [1.807, 2.05) is 20.8 Å². The van der Waals surface area contributed by atoms with E-state index in [2.05, 4.69) is 11.6 Å². The first kappa shape index (κ1) is 15.7. The smallest absolute Gasteiger partial charge is 0.306 e. The van der Waals surface area contributed by atoms with Crippen LogP contribution in [0.2, 0.25) is 0 Å². The van der Waals surface area contributed by atoms with Crippen LogP contribution in [-0.4, -0.2) is 24.5 Å². The largest absolute Gasteiger partial charge is 0.460 e. The second kappa shape index (κ2) is 7.09. The van der Waals surface area contributed by atoms with E-state index in [0.29, 0.717) is 30.9 Å². The van der Waals surface area contributed by atoms with Crippen LogP contribution in [-0.2, 0) is 14.3 Å². The molecule has 4 nitrogen and oxygen atoms in total. The summed E-state index contributed by atoms with van der Waals surface area (Å²) in [4.78, 5) is 15.4. The molecular formula is C13H23NO3. The Bertz CT molecular complexity index is 300. The summed E-state index contributed by atoms with van der Waals surface area (Å²) in [6, 6.07) is 0. The van der Waals surface area contributed by atoms with Gasteiger partial charge in [-0.3, -0.25) is 9.79 Å². The molecule has 0 N–H and O–H groups in total. The maximum atomic E-state index is 11.4. The SMILES string of the molecule is C=C(C)OC(CCCC(=O)OC(C)(C)C)=NC. The Balaban J connectivity index is 3.90. The molecule has 0 radical (unpaired) electrons. The molecule has 0 aliphatic rings. The minimum atomic E-state index is -0.424. The van der Waals surface area contributed by atoms with Crippen LogP contribution in [0.4, 0.5) is 0 Å². The van der Waals surface area contributed by atoms with Gasteiger partial charge in [-0.15, -0.1) is 0 Å². The first-order valence-electron chi connectivity index (χ1n) is 5.75. The zero-order valence-electron chi connectivity index (χ0n) is 11.5. The standard InChI is InChI=1S/C13H23NO3/c1-10(2)16-11(14-6)8-7-9-12(15)17-13(3,4)5/h1,7-9H2,2-6H3. The lowest BCUT2D eigenvalue weighted by Gasteiger charge is -2.19. The lowest BCUT2D eigenvalue weighted by molar-refractivity contribution is -0.154. The van der Waals surface area contributed by atoms with E-state index in [4.69, 9.17) is 9.47 Å². The van der Waals surface area contributed by atoms with Crippen molar-refractivity contribution in [3.05, 3.63) is 12.3 Å². The van der Waals surface area contributed by atoms with E-state index < -0.39 is 5.60 Å². The Hall–Kier alpha value is -1.32. The number of hydrogen-bond acceptors (Lipinski definition) is 4. The van der Waals surface area contributed by atoms with Crippen LogP contribution in [0.15, 0.2) is 17.3 Å². The molecule has 98 valence electrons. The Morgan fingerprint density at radius 3 is 2.29 bits per heavy atom. The number of aliphatic imine (C=N–C) groups is 1. The molecule has 0 amide bonds. The van der Waals surface area contributed by atoms with Crippen molar-refractivity contribution in [2.45, 2.75) is 52.6 Å². The summed E-state index contributed by atoms with van der Waals surface area (Å²) in [6.45, 7) is 11.0. The second-order valence-corrected chi connectivity index (χ2v) is 4.86. The highest BCUT2D eigenvalue weighted by Gasteiger charge is 2.16. The summed E-state index contributed by atoms with van der Waals surface area (Å²) in [6.07, 6.45) is 1.65. The summed E-state index contributed by atoms with van der Waals surface area (Å²) < 4.78 is 10.5. The van der Waals surface area contributed by atoms with Crippen molar-refractivity contribution >= 4 is 11.9 Å². The molecule has 4 heteroatoms. The molecule has 0 spiro atoms. The molecule has 0 aromatic rings. The van der Waals surface area contributed by atoms with Gasteiger partial charge in [0, 0.05) is 19.9 Å². The van der Waals surface area contributed by atoms with Gasteiger partial charge in [0.2, 0.25) is 0 Å². The highest BCUT2D eigenvalue weighted by Crippen LogP contribution is 2.10. The average Bonchev–Trinajstić information content (AvgIpc) is 2.12. The van der Waals surface area contributed by atoms with Crippen LogP contribution in [0.25, 0.3) is 0 Å².